The van der Waals surface area contributed by atoms with E-state index in [-0.39, 0.29) is 0 Å². The van der Waals surface area contributed by atoms with E-state index in [1.807, 2.05) is 0 Å². The molecule has 2 aromatic rings. The fraction of sp³-hybridized carbons (Fsp3) is 0.333. The highest BCUT2D eigenvalue weighted by Crippen LogP contribution is 2.14. The lowest BCUT2D eigenvalue weighted by molar-refractivity contribution is 0.633. The van der Waals surface area contributed by atoms with Crippen LogP contribution in [0.2, 0.25) is 0 Å². The van der Waals surface area contributed by atoms with E-state index < -0.39 is 0 Å². The Morgan fingerprint density at radius 3 is 2.44 bits per heavy atom. The number of hydrogen-bond acceptors (Lipinski definition) is 6. The molecular weight excluding hydrogens is 228 g/mol. The molecule has 0 amide bonds. The molecule has 0 N–H and O–H groups in total. The molecule has 2 aromatic heterocycles. The van der Waals surface area contributed by atoms with Gasteiger partial charge in [-0.25, -0.2) is 15.0 Å². The van der Waals surface area contributed by atoms with Gasteiger partial charge in [-0.05, 0) is 6.07 Å². The van der Waals surface area contributed by atoms with Crippen LogP contribution in [0, 0.1) is 6.20 Å². The molecule has 6 heteroatoms. The first-order chi connectivity index (χ1) is 8.93. The fourth-order valence-electron chi connectivity index (χ4n) is 2.00. The summed E-state index contributed by atoms with van der Waals surface area (Å²) in [5.41, 5.74) is 0. The van der Waals surface area contributed by atoms with E-state index in [1.165, 1.54) is 0 Å². The van der Waals surface area contributed by atoms with Crippen molar-refractivity contribution in [1.82, 2.24) is 19.9 Å². The molecule has 0 saturated carbocycles. The average Bonchev–Trinajstić information content (AvgIpc) is 2.49. The minimum Gasteiger partial charge on any atom is -0.352 e. The summed E-state index contributed by atoms with van der Waals surface area (Å²) < 4.78 is 0. The van der Waals surface area contributed by atoms with Crippen molar-refractivity contribution in [2.75, 3.05) is 36.0 Å². The first kappa shape index (κ1) is 10.9. The van der Waals surface area contributed by atoms with Gasteiger partial charge in [0.05, 0.1) is 12.4 Å². The summed E-state index contributed by atoms with van der Waals surface area (Å²) in [6, 6.07) is 1.71. The van der Waals surface area contributed by atoms with E-state index in [2.05, 4.69) is 35.9 Å². The van der Waals surface area contributed by atoms with Crippen LogP contribution in [0.25, 0.3) is 0 Å². The van der Waals surface area contributed by atoms with Crippen molar-refractivity contribution < 1.29 is 0 Å². The van der Waals surface area contributed by atoms with Gasteiger partial charge in [0.15, 0.2) is 0 Å². The van der Waals surface area contributed by atoms with Gasteiger partial charge in [-0.1, -0.05) is 0 Å². The third-order valence-electron chi connectivity index (χ3n) is 2.94. The summed E-state index contributed by atoms with van der Waals surface area (Å²) in [6.45, 7) is 3.57. The molecule has 3 heterocycles. The normalized spacial score (nSPS) is 15.8. The first-order valence-electron chi connectivity index (χ1n) is 5.88. The number of hydrogen-bond donors (Lipinski definition) is 0. The minimum absolute atomic E-state index is 0.747. The van der Waals surface area contributed by atoms with Gasteiger partial charge in [0.25, 0.3) is 0 Å². The maximum atomic E-state index is 4.31. The van der Waals surface area contributed by atoms with E-state index in [9.17, 15) is 0 Å². The average molecular weight is 241 g/mol. The molecule has 0 bridgehead atoms. The Morgan fingerprint density at radius 1 is 0.944 bits per heavy atom. The number of piperazine rings is 1. The largest absolute Gasteiger partial charge is 0.352 e. The number of aromatic nitrogens is 4. The first-order valence-corrected chi connectivity index (χ1v) is 5.88. The van der Waals surface area contributed by atoms with Crippen LogP contribution in [-0.4, -0.2) is 46.1 Å². The third-order valence-corrected chi connectivity index (χ3v) is 2.94. The lowest BCUT2D eigenvalue weighted by Crippen LogP contribution is -2.47. The van der Waals surface area contributed by atoms with Gasteiger partial charge in [0.2, 0.25) is 5.95 Å². The monoisotopic (exact) mass is 241 g/mol. The molecule has 1 radical (unpaired) electrons. The van der Waals surface area contributed by atoms with E-state index in [0.29, 0.717) is 0 Å². The highest BCUT2D eigenvalue weighted by atomic mass is 15.3. The molecule has 1 saturated heterocycles. The Balaban J connectivity index is 1.65. The van der Waals surface area contributed by atoms with Crippen molar-refractivity contribution in [2.24, 2.45) is 0 Å². The van der Waals surface area contributed by atoms with Crippen molar-refractivity contribution in [1.29, 1.82) is 0 Å². The van der Waals surface area contributed by atoms with Gasteiger partial charge < -0.3 is 9.80 Å². The zero-order valence-electron chi connectivity index (χ0n) is 9.90. The third kappa shape index (κ3) is 2.22. The highest BCUT2D eigenvalue weighted by Gasteiger charge is 2.19. The maximum absolute atomic E-state index is 4.31. The Morgan fingerprint density at radius 2 is 1.78 bits per heavy atom. The summed E-state index contributed by atoms with van der Waals surface area (Å²) in [5, 5.41) is 0. The van der Waals surface area contributed by atoms with Crippen LogP contribution in [0.3, 0.4) is 0 Å². The Labute approximate surface area is 105 Å². The van der Waals surface area contributed by atoms with Crippen molar-refractivity contribution in [3.05, 3.63) is 37.1 Å². The molecule has 91 valence electrons. The summed E-state index contributed by atoms with van der Waals surface area (Å²) in [4.78, 5) is 21.2. The summed E-state index contributed by atoms with van der Waals surface area (Å²) in [5.74, 6) is 1.67. The molecule has 6 nitrogen and oxygen atoms in total. The van der Waals surface area contributed by atoms with Gasteiger partial charge in [0, 0.05) is 44.8 Å². The fourth-order valence-corrected chi connectivity index (χ4v) is 2.00. The van der Waals surface area contributed by atoms with Gasteiger partial charge in [-0.3, -0.25) is 4.98 Å². The van der Waals surface area contributed by atoms with Crippen LogP contribution in [0.15, 0.2) is 30.9 Å². The molecule has 1 aliphatic rings. The standard InChI is InChI=1S/C12H13N6/c1-2-15-12(16-3-1)18-8-6-17(7-9-18)11-10-13-4-5-14-11/h1-2,4-5,10H,6-9H2. The minimum atomic E-state index is 0.747. The van der Waals surface area contributed by atoms with E-state index in [4.69, 9.17) is 0 Å². The van der Waals surface area contributed by atoms with E-state index in [0.717, 1.165) is 37.9 Å². The second-order valence-corrected chi connectivity index (χ2v) is 4.02. The summed E-state index contributed by atoms with van der Waals surface area (Å²) >= 11 is 0. The Hall–Kier alpha value is -2.24. The SMILES string of the molecule is [c]1ccnc(N2CCN(c3cnccn3)CC2)n1. The number of nitrogens with zero attached hydrogens (tertiary/aromatic N) is 6. The molecule has 0 aliphatic carbocycles. The van der Waals surface area contributed by atoms with Crippen LogP contribution in [-0.2, 0) is 0 Å². The molecule has 0 aromatic carbocycles. The summed E-state index contributed by atoms with van der Waals surface area (Å²) in [6.07, 6.45) is 9.73. The van der Waals surface area contributed by atoms with Gasteiger partial charge in [-0.2, -0.15) is 0 Å². The molecule has 0 spiro atoms. The topological polar surface area (TPSA) is 58.0 Å². The molecule has 1 fully saturated rings. The summed E-state index contributed by atoms with van der Waals surface area (Å²) in [7, 11) is 0. The Kier molecular flexibility index (Phi) is 2.99. The quantitative estimate of drug-likeness (QED) is 0.758. The second kappa shape index (κ2) is 4.95. The smallest absolute Gasteiger partial charge is 0.226 e. The van der Waals surface area contributed by atoms with Crippen LogP contribution >= 0.6 is 0 Å². The molecule has 3 rings (SSSR count). The lowest BCUT2D eigenvalue weighted by atomic mass is 10.3. The lowest BCUT2D eigenvalue weighted by Gasteiger charge is -2.35. The predicted molar refractivity (Wildman–Crippen MR) is 67.3 cm³/mol. The zero-order chi connectivity index (χ0) is 12.2. The predicted octanol–water partition coefficient (Wildman–Crippen LogP) is 0.393. The highest BCUT2D eigenvalue weighted by molar-refractivity contribution is 5.39. The van der Waals surface area contributed by atoms with Crippen molar-refractivity contribution >= 4 is 11.8 Å². The van der Waals surface area contributed by atoms with Gasteiger partial charge in [0.1, 0.15) is 5.82 Å². The number of anilines is 2. The molecule has 1 aliphatic heterocycles. The van der Waals surface area contributed by atoms with Crippen LogP contribution in [0.1, 0.15) is 0 Å². The maximum Gasteiger partial charge on any atom is 0.226 e. The second-order valence-electron chi connectivity index (χ2n) is 4.02. The molecule has 0 atom stereocenters. The van der Waals surface area contributed by atoms with Crippen molar-refractivity contribution in [3.63, 3.8) is 0 Å². The molecule has 0 unspecified atom stereocenters. The van der Waals surface area contributed by atoms with E-state index >= 15 is 0 Å². The molecule has 18 heavy (non-hydrogen) atoms. The van der Waals surface area contributed by atoms with Crippen molar-refractivity contribution in [2.45, 2.75) is 0 Å². The number of rotatable bonds is 2. The van der Waals surface area contributed by atoms with Gasteiger partial charge in [-0.15, -0.1) is 0 Å². The van der Waals surface area contributed by atoms with E-state index in [1.54, 1.807) is 30.9 Å². The zero-order valence-corrected chi connectivity index (χ0v) is 9.90. The Bertz CT molecular complexity index is 433. The van der Waals surface area contributed by atoms with Crippen LogP contribution in [0.4, 0.5) is 11.8 Å². The van der Waals surface area contributed by atoms with Crippen LogP contribution in [0.5, 0.6) is 0 Å². The van der Waals surface area contributed by atoms with Crippen molar-refractivity contribution in [3.8, 4) is 0 Å². The van der Waals surface area contributed by atoms with Crippen LogP contribution < -0.4 is 9.80 Å². The molecular formula is C12H13N6. The van der Waals surface area contributed by atoms with Gasteiger partial charge >= 0.3 is 0 Å².